The lowest BCUT2D eigenvalue weighted by atomic mass is 9.80. The van der Waals surface area contributed by atoms with E-state index < -0.39 is 0 Å². The third-order valence-electron chi connectivity index (χ3n) is 3.78. The Morgan fingerprint density at radius 1 is 1.59 bits per heavy atom. The van der Waals surface area contributed by atoms with Gasteiger partial charge in [-0.05, 0) is 24.2 Å². The maximum absolute atomic E-state index is 5.39. The van der Waals surface area contributed by atoms with E-state index in [0.717, 1.165) is 40.9 Å². The van der Waals surface area contributed by atoms with Crippen LogP contribution in [0.3, 0.4) is 0 Å². The van der Waals surface area contributed by atoms with Gasteiger partial charge in [0.2, 0.25) is 0 Å². The van der Waals surface area contributed by atoms with Gasteiger partial charge in [0.05, 0.1) is 11.1 Å². The molecule has 2 nitrogen and oxygen atoms in total. The minimum atomic E-state index is 0.736. The summed E-state index contributed by atoms with van der Waals surface area (Å²) in [5.41, 5.74) is 0. The lowest BCUT2D eigenvalue weighted by molar-refractivity contribution is 0.232. The van der Waals surface area contributed by atoms with Crippen molar-refractivity contribution < 1.29 is 0 Å². The molecule has 1 fully saturated rings. The number of hydrogen-bond donors (Lipinski definition) is 0. The van der Waals surface area contributed by atoms with E-state index in [0.29, 0.717) is 0 Å². The fourth-order valence-corrected chi connectivity index (χ4v) is 3.38. The monoisotopic (exact) mass is 248 g/mol. The highest BCUT2D eigenvalue weighted by molar-refractivity contribution is 7.16. The first-order valence-corrected chi connectivity index (χ1v) is 7.11. The van der Waals surface area contributed by atoms with Gasteiger partial charge in [0.25, 0.3) is 0 Å². The molecule has 0 amide bonds. The van der Waals surface area contributed by atoms with E-state index in [1.54, 1.807) is 11.3 Å². The summed E-state index contributed by atoms with van der Waals surface area (Å²) in [4.78, 5) is 7.76. The van der Waals surface area contributed by atoms with Gasteiger partial charge in [0.1, 0.15) is 0 Å². The smallest absolute Gasteiger partial charge is 0.186 e. The summed E-state index contributed by atoms with van der Waals surface area (Å²) in [6.45, 7) is 9.24. The fourth-order valence-electron chi connectivity index (χ4n) is 2.62. The lowest BCUT2D eigenvalue weighted by Gasteiger charge is -2.39. The Hall–Kier alpha value is -1.01. The van der Waals surface area contributed by atoms with E-state index in [9.17, 15) is 0 Å². The van der Waals surface area contributed by atoms with Crippen LogP contribution in [0.25, 0.3) is 0 Å². The third-order valence-corrected chi connectivity index (χ3v) is 4.77. The first-order valence-electron chi connectivity index (χ1n) is 6.29. The third kappa shape index (κ3) is 2.63. The molecular weight excluding hydrogens is 228 g/mol. The van der Waals surface area contributed by atoms with Gasteiger partial charge < -0.3 is 4.90 Å². The first kappa shape index (κ1) is 12.4. The molecule has 2 heterocycles. The Morgan fingerprint density at radius 2 is 2.35 bits per heavy atom. The first-order chi connectivity index (χ1) is 8.11. The van der Waals surface area contributed by atoms with Crippen LogP contribution in [0.15, 0.2) is 6.20 Å². The predicted octanol–water partition coefficient (Wildman–Crippen LogP) is 3.24. The van der Waals surface area contributed by atoms with Crippen molar-refractivity contribution in [3.63, 3.8) is 0 Å². The summed E-state index contributed by atoms with van der Waals surface area (Å²) < 4.78 is 0. The molecule has 2 rings (SSSR count). The molecule has 0 unspecified atom stereocenters. The van der Waals surface area contributed by atoms with Crippen molar-refractivity contribution in [1.82, 2.24) is 4.98 Å². The van der Waals surface area contributed by atoms with Crippen LogP contribution in [0, 0.1) is 30.1 Å². The normalized spacial score (nSPS) is 25.0. The zero-order chi connectivity index (χ0) is 12.4. The number of piperidine rings is 1. The molecule has 0 aliphatic carbocycles. The van der Waals surface area contributed by atoms with Crippen LogP contribution in [-0.4, -0.2) is 18.1 Å². The lowest BCUT2D eigenvalue weighted by Crippen LogP contribution is -2.41. The zero-order valence-corrected chi connectivity index (χ0v) is 11.6. The van der Waals surface area contributed by atoms with Crippen molar-refractivity contribution in [2.45, 2.75) is 27.2 Å². The van der Waals surface area contributed by atoms with Crippen molar-refractivity contribution in [2.75, 3.05) is 18.0 Å². The maximum atomic E-state index is 5.39. The second-order valence-corrected chi connectivity index (χ2v) is 6.28. The molecule has 1 aromatic rings. The largest absolute Gasteiger partial charge is 0.348 e. The number of rotatable bonds is 2. The molecule has 3 heteroatoms. The number of hydrogen-bond acceptors (Lipinski definition) is 3. The van der Waals surface area contributed by atoms with Gasteiger partial charge >= 0.3 is 0 Å². The Morgan fingerprint density at radius 3 is 2.94 bits per heavy atom. The average Bonchev–Trinajstić information content (AvgIpc) is 2.78. The fraction of sp³-hybridized carbons (Fsp3) is 0.643. The van der Waals surface area contributed by atoms with Crippen molar-refractivity contribution in [1.29, 1.82) is 0 Å². The summed E-state index contributed by atoms with van der Waals surface area (Å²) in [6.07, 6.45) is 8.46. The molecule has 0 N–H and O–H groups in total. The molecule has 0 radical (unpaired) electrons. The second-order valence-electron chi connectivity index (χ2n) is 5.27. The Labute approximate surface area is 108 Å². The Bertz CT molecular complexity index is 416. The van der Waals surface area contributed by atoms with Gasteiger partial charge in [-0.25, -0.2) is 4.98 Å². The van der Waals surface area contributed by atoms with Crippen molar-refractivity contribution in [3.05, 3.63) is 11.1 Å². The maximum Gasteiger partial charge on any atom is 0.186 e. The van der Waals surface area contributed by atoms with E-state index in [-0.39, 0.29) is 0 Å². The molecule has 0 saturated carbocycles. The minimum absolute atomic E-state index is 0.736. The molecular formula is C14H20N2S. The molecule has 1 aromatic heterocycles. The van der Waals surface area contributed by atoms with Crippen LogP contribution < -0.4 is 4.90 Å². The standard InChI is InChI=1S/C14H20N2S/c1-5-12-8-15-14(17-12)16-7-6-11(4)13(9-16)10(2)3/h1,8,10-11,13H,6-7,9H2,2-4H3/t11-,13-/m1/s1. The molecule has 0 bridgehead atoms. The summed E-state index contributed by atoms with van der Waals surface area (Å²) in [6, 6.07) is 0. The van der Waals surface area contributed by atoms with E-state index in [1.165, 1.54) is 6.42 Å². The predicted molar refractivity (Wildman–Crippen MR) is 74.4 cm³/mol. The number of thiazole rings is 1. The Balaban J connectivity index is 2.10. The highest BCUT2D eigenvalue weighted by atomic mass is 32.1. The van der Waals surface area contributed by atoms with Crippen LogP contribution in [-0.2, 0) is 0 Å². The van der Waals surface area contributed by atoms with Crippen molar-refractivity contribution >= 4 is 16.5 Å². The number of terminal acetylenes is 1. The number of nitrogens with zero attached hydrogens (tertiary/aromatic N) is 2. The minimum Gasteiger partial charge on any atom is -0.348 e. The van der Waals surface area contributed by atoms with Gasteiger partial charge in [-0.15, -0.1) is 6.42 Å². The van der Waals surface area contributed by atoms with E-state index in [4.69, 9.17) is 6.42 Å². The zero-order valence-electron chi connectivity index (χ0n) is 10.8. The Kier molecular flexibility index (Phi) is 3.73. The van der Waals surface area contributed by atoms with Gasteiger partial charge in [-0.3, -0.25) is 0 Å². The molecule has 2 atom stereocenters. The second kappa shape index (κ2) is 5.10. The topological polar surface area (TPSA) is 16.1 Å². The summed E-state index contributed by atoms with van der Waals surface area (Å²) in [5.74, 6) is 4.98. The summed E-state index contributed by atoms with van der Waals surface area (Å²) in [5, 5.41) is 1.09. The van der Waals surface area contributed by atoms with Crippen LogP contribution >= 0.6 is 11.3 Å². The van der Waals surface area contributed by atoms with Crippen LogP contribution in [0.2, 0.25) is 0 Å². The van der Waals surface area contributed by atoms with Gasteiger partial charge in [0.15, 0.2) is 5.13 Å². The molecule has 1 saturated heterocycles. The van der Waals surface area contributed by atoms with Crippen molar-refractivity contribution in [2.24, 2.45) is 17.8 Å². The van der Waals surface area contributed by atoms with Gasteiger partial charge in [-0.1, -0.05) is 38.0 Å². The van der Waals surface area contributed by atoms with E-state index in [1.807, 2.05) is 6.20 Å². The highest BCUT2D eigenvalue weighted by Crippen LogP contribution is 2.33. The summed E-state index contributed by atoms with van der Waals surface area (Å²) in [7, 11) is 0. The van der Waals surface area contributed by atoms with Gasteiger partial charge in [0, 0.05) is 13.1 Å². The molecule has 17 heavy (non-hydrogen) atoms. The number of aromatic nitrogens is 1. The van der Waals surface area contributed by atoms with Crippen LogP contribution in [0.4, 0.5) is 5.13 Å². The molecule has 1 aliphatic rings. The number of anilines is 1. The summed E-state index contributed by atoms with van der Waals surface area (Å²) >= 11 is 1.63. The average molecular weight is 248 g/mol. The van der Waals surface area contributed by atoms with Crippen LogP contribution in [0.5, 0.6) is 0 Å². The quantitative estimate of drug-likeness (QED) is 0.747. The van der Waals surface area contributed by atoms with E-state index in [2.05, 4.69) is 36.6 Å². The van der Waals surface area contributed by atoms with Crippen molar-refractivity contribution in [3.8, 4) is 12.3 Å². The highest BCUT2D eigenvalue weighted by Gasteiger charge is 2.29. The molecule has 0 spiro atoms. The molecule has 92 valence electrons. The van der Waals surface area contributed by atoms with E-state index >= 15 is 0 Å². The van der Waals surface area contributed by atoms with Gasteiger partial charge in [-0.2, -0.15) is 0 Å². The molecule has 1 aliphatic heterocycles. The molecule has 0 aromatic carbocycles. The SMILES string of the molecule is C#Cc1cnc(N2CC[C@@H](C)[C@@H](C(C)C)C2)s1. The van der Waals surface area contributed by atoms with Crippen LogP contribution in [0.1, 0.15) is 32.1 Å².